The van der Waals surface area contributed by atoms with E-state index in [4.69, 9.17) is 0 Å². The fourth-order valence-corrected chi connectivity index (χ4v) is 1.71. The minimum atomic E-state index is 0.651. The zero-order valence-electron chi connectivity index (χ0n) is 11.4. The summed E-state index contributed by atoms with van der Waals surface area (Å²) in [6, 6.07) is 0. The molecule has 17 heavy (non-hydrogen) atoms. The summed E-state index contributed by atoms with van der Waals surface area (Å²) in [6.45, 7) is 6.41. The van der Waals surface area contributed by atoms with Gasteiger partial charge in [0.25, 0.3) is 0 Å². The van der Waals surface area contributed by atoms with E-state index >= 15 is 0 Å². The van der Waals surface area contributed by atoms with Gasteiger partial charge in [-0.1, -0.05) is 13.8 Å². The smallest absolute Gasteiger partial charge is 0.224 e. The first-order chi connectivity index (χ1) is 8.13. The van der Waals surface area contributed by atoms with Gasteiger partial charge >= 0.3 is 0 Å². The number of aromatic nitrogens is 2. The summed E-state index contributed by atoms with van der Waals surface area (Å²) in [6.07, 6.45) is 6.03. The van der Waals surface area contributed by atoms with Crippen molar-refractivity contribution in [3.05, 3.63) is 18.0 Å². The van der Waals surface area contributed by atoms with Gasteiger partial charge < -0.3 is 10.2 Å². The lowest BCUT2D eigenvalue weighted by Crippen LogP contribution is -2.24. The van der Waals surface area contributed by atoms with E-state index < -0.39 is 0 Å². The third kappa shape index (κ3) is 5.13. The number of hydrogen-bond acceptors (Lipinski definition) is 4. The van der Waals surface area contributed by atoms with Crippen molar-refractivity contribution in [3.8, 4) is 0 Å². The maximum atomic E-state index is 4.40. The maximum Gasteiger partial charge on any atom is 0.224 e. The average molecular weight is 236 g/mol. The Balaban J connectivity index is 2.48. The average Bonchev–Trinajstić information content (AvgIpc) is 2.29. The molecule has 0 amide bonds. The van der Waals surface area contributed by atoms with Crippen LogP contribution in [0.4, 0.5) is 5.95 Å². The Kier molecular flexibility index (Phi) is 5.91. The molecule has 0 bridgehead atoms. The molecule has 0 radical (unpaired) electrons. The summed E-state index contributed by atoms with van der Waals surface area (Å²) in [5.41, 5.74) is 1.22. The van der Waals surface area contributed by atoms with E-state index in [0.29, 0.717) is 5.92 Å². The second-order valence-electron chi connectivity index (χ2n) is 4.87. The molecule has 1 aromatic heterocycles. The van der Waals surface area contributed by atoms with Crippen LogP contribution in [-0.4, -0.2) is 37.2 Å². The number of nitrogens with one attached hydrogen (secondary N) is 1. The predicted octanol–water partition coefficient (Wildman–Crippen LogP) is 1.72. The van der Waals surface area contributed by atoms with Crippen LogP contribution in [0, 0.1) is 5.92 Å². The third-order valence-corrected chi connectivity index (χ3v) is 2.60. The lowest BCUT2D eigenvalue weighted by atomic mass is 10.1. The van der Waals surface area contributed by atoms with E-state index in [1.54, 1.807) is 0 Å². The first kappa shape index (κ1) is 13.9. The molecule has 96 valence electrons. The minimum absolute atomic E-state index is 0.651. The van der Waals surface area contributed by atoms with Crippen LogP contribution in [0.1, 0.15) is 25.8 Å². The molecule has 0 spiro atoms. The lowest BCUT2D eigenvalue weighted by Gasteiger charge is -2.16. The molecular weight excluding hydrogens is 212 g/mol. The Hall–Kier alpha value is -1.16. The largest absolute Gasteiger partial charge is 0.344 e. The van der Waals surface area contributed by atoms with Crippen LogP contribution in [0.15, 0.2) is 12.4 Å². The molecule has 0 saturated carbocycles. The van der Waals surface area contributed by atoms with Crippen molar-refractivity contribution in [3.63, 3.8) is 0 Å². The summed E-state index contributed by atoms with van der Waals surface area (Å²) in [7, 11) is 4.00. The monoisotopic (exact) mass is 236 g/mol. The van der Waals surface area contributed by atoms with Gasteiger partial charge in [0.1, 0.15) is 0 Å². The Morgan fingerprint density at radius 2 is 1.94 bits per heavy atom. The van der Waals surface area contributed by atoms with E-state index in [0.717, 1.165) is 31.9 Å². The first-order valence-corrected chi connectivity index (χ1v) is 6.30. The molecule has 4 nitrogen and oxygen atoms in total. The highest BCUT2D eigenvalue weighted by molar-refractivity contribution is 5.28. The van der Waals surface area contributed by atoms with Gasteiger partial charge in [-0.05, 0) is 37.9 Å². The van der Waals surface area contributed by atoms with Gasteiger partial charge in [0.2, 0.25) is 5.95 Å². The van der Waals surface area contributed by atoms with Crippen molar-refractivity contribution >= 4 is 5.95 Å². The van der Waals surface area contributed by atoms with Crippen molar-refractivity contribution in [1.29, 1.82) is 0 Å². The zero-order valence-corrected chi connectivity index (χ0v) is 11.4. The molecule has 0 aromatic carbocycles. The van der Waals surface area contributed by atoms with Gasteiger partial charge in [0.15, 0.2) is 0 Å². The normalized spacial score (nSPS) is 10.9. The number of hydrogen-bond donors (Lipinski definition) is 1. The van der Waals surface area contributed by atoms with Gasteiger partial charge in [-0.2, -0.15) is 0 Å². The highest BCUT2D eigenvalue weighted by Gasteiger charge is 2.04. The second kappa shape index (κ2) is 7.22. The van der Waals surface area contributed by atoms with E-state index in [9.17, 15) is 0 Å². The molecule has 1 N–H and O–H groups in total. The molecule has 0 saturated heterocycles. The zero-order chi connectivity index (χ0) is 12.7. The second-order valence-corrected chi connectivity index (χ2v) is 4.87. The van der Waals surface area contributed by atoms with E-state index in [1.165, 1.54) is 5.56 Å². The van der Waals surface area contributed by atoms with Crippen molar-refractivity contribution in [2.75, 3.05) is 32.1 Å². The Morgan fingerprint density at radius 1 is 1.29 bits per heavy atom. The van der Waals surface area contributed by atoms with Crippen LogP contribution >= 0.6 is 0 Å². The Morgan fingerprint density at radius 3 is 2.47 bits per heavy atom. The van der Waals surface area contributed by atoms with E-state index in [2.05, 4.69) is 34.0 Å². The fraction of sp³-hybridized carbons (Fsp3) is 0.692. The van der Waals surface area contributed by atoms with Crippen molar-refractivity contribution in [2.24, 2.45) is 5.92 Å². The van der Waals surface area contributed by atoms with Crippen LogP contribution in [-0.2, 0) is 6.42 Å². The lowest BCUT2D eigenvalue weighted by molar-refractivity contribution is 0.642. The highest BCUT2D eigenvalue weighted by Crippen LogP contribution is 2.09. The topological polar surface area (TPSA) is 41.0 Å². The van der Waals surface area contributed by atoms with Crippen molar-refractivity contribution in [1.82, 2.24) is 15.3 Å². The molecular formula is C13H24N4. The molecule has 1 rings (SSSR count). The van der Waals surface area contributed by atoms with Crippen LogP contribution in [0.3, 0.4) is 0 Å². The number of anilines is 1. The van der Waals surface area contributed by atoms with Crippen LogP contribution in [0.5, 0.6) is 0 Å². The molecule has 0 fully saturated rings. The molecule has 0 aliphatic heterocycles. The van der Waals surface area contributed by atoms with E-state index in [1.807, 2.05) is 26.5 Å². The third-order valence-electron chi connectivity index (χ3n) is 2.60. The first-order valence-electron chi connectivity index (χ1n) is 6.30. The SMILES string of the molecule is CNCCCN(C)c1ncc(CC(C)C)cn1. The molecule has 0 aliphatic carbocycles. The summed E-state index contributed by atoms with van der Waals surface area (Å²) in [5, 5.41) is 3.14. The number of rotatable bonds is 7. The van der Waals surface area contributed by atoms with Gasteiger partial charge in [-0.15, -0.1) is 0 Å². The van der Waals surface area contributed by atoms with Crippen LogP contribution < -0.4 is 10.2 Å². The van der Waals surface area contributed by atoms with Crippen molar-refractivity contribution < 1.29 is 0 Å². The minimum Gasteiger partial charge on any atom is -0.344 e. The van der Waals surface area contributed by atoms with Gasteiger partial charge in [0, 0.05) is 26.0 Å². The predicted molar refractivity (Wildman–Crippen MR) is 72.4 cm³/mol. The summed E-state index contributed by atoms with van der Waals surface area (Å²) in [5.74, 6) is 1.46. The van der Waals surface area contributed by atoms with E-state index in [-0.39, 0.29) is 0 Å². The fourth-order valence-electron chi connectivity index (χ4n) is 1.71. The van der Waals surface area contributed by atoms with Gasteiger partial charge in [0.05, 0.1) is 0 Å². The molecule has 1 heterocycles. The highest BCUT2D eigenvalue weighted by atomic mass is 15.2. The van der Waals surface area contributed by atoms with Gasteiger partial charge in [-0.25, -0.2) is 9.97 Å². The Labute approximate surface area is 104 Å². The standard InChI is InChI=1S/C13H24N4/c1-11(2)8-12-9-15-13(16-10-12)17(4)7-5-6-14-3/h9-11,14H,5-8H2,1-4H3. The summed E-state index contributed by atoms with van der Waals surface area (Å²) >= 11 is 0. The van der Waals surface area contributed by atoms with Crippen LogP contribution in [0.2, 0.25) is 0 Å². The molecule has 0 unspecified atom stereocenters. The molecule has 0 aliphatic rings. The van der Waals surface area contributed by atoms with Crippen molar-refractivity contribution in [2.45, 2.75) is 26.7 Å². The van der Waals surface area contributed by atoms with Crippen LogP contribution in [0.25, 0.3) is 0 Å². The summed E-state index contributed by atoms with van der Waals surface area (Å²) < 4.78 is 0. The number of nitrogens with zero attached hydrogens (tertiary/aromatic N) is 3. The maximum absolute atomic E-state index is 4.40. The quantitative estimate of drug-likeness (QED) is 0.732. The molecule has 1 aromatic rings. The Bertz CT molecular complexity index is 308. The molecule has 4 heteroatoms. The summed E-state index contributed by atoms with van der Waals surface area (Å²) in [4.78, 5) is 10.9. The van der Waals surface area contributed by atoms with Gasteiger partial charge in [-0.3, -0.25) is 0 Å². The molecule has 0 atom stereocenters.